The molecule has 1 fully saturated rings. The first kappa shape index (κ1) is 17.0. The Labute approximate surface area is 132 Å². The van der Waals surface area contributed by atoms with Crippen molar-refractivity contribution >= 4 is 5.91 Å². The molecule has 122 valence electrons. The highest BCUT2D eigenvalue weighted by Crippen LogP contribution is 2.44. The number of aliphatic hydroxyl groups is 1. The molecule has 22 heavy (non-hydrogen) atoms. The number of aliphatic hydroxyl groups excluding tert-OH is 1. The molecule has 0 saturated heterocycles. The Kier molecular flexibility index (Phi) is 5.98. The third kappa shape index (κ3) is 4.08. The van der Waals surface area contributed by atoms with E-state index in [2.05, 4.69) is 5.32 Å². The molecular weight excluding hydrogens is 278 g/mol. The number of nitrogens with one attached hydrogen (secondary N) is 1. The largest absolute Gasteiger partial charge is 0.388 e. The molecule has 1 saturated carbocycles. The first-order chi connectivity index (χ1) is 10.6. The maximum Gasteiger partial charge on any atom is 0.226 e. The van der Waals surface area contributed by atoms with Crippen LogP contribution in [-0.4, -0.2) is 30.8 Å². The summed E-state index contributed by atoms with van der Waals surface area (Å²) < 4.78 is 5.13. The van der Waals surface area contributed by atoms with Gasteiger partial charge < -0.3 is 15.2 Å². The molecule has 2 N–H and O–H groups in total. The summed E-state index contributed by atoms with van der Waals surface area (Å²) in [5.74, 6) is 0.114. The van der Waals surface area contributed by atoms with Crippen molar-refractivity contribution in [2.75, 3.05) is 13.7 Å². The van der Waals surface area contributed by atoms with Gasteiger partial charge in [-0.15, -0.1) is 0 Å². The lowest BCUT2D eigenvalue weighted by molar-refractivity contribution is -0.138. The van der Waals surface area contributed by atoms with Gasteiger partial charge in [-0.25, -0.2) is 0 Å². The molecule has 1 aromatic carbocycles. The van der Waals surface area contributed by atoms with Crippen molar-refractivity contribution in [2.24, 2.45) is 5.41 Å². The maximum atomic E-state index is 12.5. The molecule has 1 amide bonds. The summed E-state index contributed by atoms with van der Waals surface area (Å²) in [5.41, 5.74) is 0.642. The van der Waals surface area contributed by atoms with Crippen LogP contribution in [0.15, 0.2) is 30.3 Å². The maximum absolute atomic E-state index is 12.5. The van der Waals surface area contributed by atoms with E-state index in [0.717, 1.165) is 31.2 Å². The van der Waals surface area contributed by atoms with Crippen molar-refractivity contribution in [3.8, 4) is 0 Å². The van der Waals surface area contributed by atoms with Gasteiger partial charge >= 0.3 is 0 Å². The van der Waals surface area contributed by atoms with Crippen molar-refractivity contribution in [1.29, 1.82) is 0 Å². The Hall–Kier alpha value is -1.39. The summed E-state index contributed by atoms with van der Waals surface area (Å²) in [6, 6.07) is 9.52. The van der Waals surface area contributed by atoms with Crippen LogP contribution in [0.5, 0.6) is 0 Å². The van der Waals surface area contributed by atoms with E-state index >= 15 is 0 Å². The predicted octanol–water partition coefficient (Wildman–Crippen LogP) is 2.82. The minimum Gasteiger partial charge on any atom is -0.388 e. The van der Waals surface area contributed by atoms with Crippen LogP contribution in [0, 0.1) is 5.41 Å². The number of benzene rings is 1. The number of ether oxygens (including phenoxy) is 1. The van der Waals surface area contributed by atoms with E-state index in [4.69, 9.17) is 4.74 Å². The number of methoxy groups -OCH3 is 1. The molecule has 4 nitrogen and oxygen atoms in total. The fourth-order valence-corrected chi connectivity index (χ4v) is 3.07. The van der Waals surface area contributed by atoms with E-state index < -0.39 is 6.10 Å². The molecule has 0 aliphatic heterocycles. The molecule has 1 aliphatic carbocycles. The zero-order valence-corrected chi connectivity index (χ0v) is 13.5. The number of hydrogen-bond acceptors (Lipinski definition) is 3. The lowest BCUT2D eigenvalue weighted by Crippen LogP contribution is -2.49. The Bertz CT molecular complexity index is 470. The SMILES string of the molecule is COCCC1(C(=O)NC(C)CC(O)c2ccccc2)CCC1. The minimum atomic E-state index is -0.548. The van der Waals surface area contributed by atoms with Crippen LogP contribution in [0.2, 0.25) is 0 Å². The second-order valence-electron chi connectivity index (χ2n) is 6.41. The summed E-state index contributed by atoms with van der Waals surface area (Å²) in [5, 5.41) is 13.3. The molecule has 1 aromatic rings. The van der Waals surface area contributed by atoms with Gasteiger partial charge in [0, 0.05) is 19.8 Å². The third-order valence-corrected chi connectivity index (χ3v) is 4.72. The van der Waals surface area contributed by atoms with Gasteiger partial charge in [0.2, 0.25) is 5.91 Å². The smallest absolute Gasteiger partial charge is 0.226 e. The number of hydrogen-bond donors (Lipinski definition) is 2. The average molecular weight is 305 g/mol. The molecule has 2 rings (SSSR count). The van der Waals surface area contributed by atoms with Crippen LogP contribution in [0.1, 0.15) is 50.7 Å². The van der Waals surface area contributed by atoms with Gasteiger partial charge in [-0.05, 0) is 38.2 Å². The van der Waals surface area contributed by atoms with Crippen molar-refractivity contribution in [2.45, 2.75) is 51.2 Å². The highest BCUT2D eigenvalue weighted by atomic mass is 16.5. The number of carbonyl (C=O) groups excluding carboxylic acids is 1. The summed E-state index contributed by atoms with van der Waals surface area (Å²) >= 11 is 0. The highest BCUT2D eigenvalue weighted by Gasteiger charge is 2.43. The zero-order valence-electron chi connectivity index (χ0n) is 13.5. The van der Waals surface area contributed by atoms with Crippen LogP contribution in [0.3, 0.4) is 0 Å². The second kappa shape index (κ2) is 7.75. The van der Waals surface area contributed by atoms with Crippen molar-refractivity contribution in [3.63, 3.8) is 0 Å². The topological polar surface area (TPSA) is 58.6 Å². The Morgan fingerprint density at radius 1 is 1.36 bits per heavy atom. The van der Waals surface area contributed by atoms with E-state index in [9.17, 15) is 9.90 Å². The lowest BCUT2D eigenvalue weighted by atomic mass is 9.66. The van der Waals surface area contributed by atoms with E-state index in [0.29, 0.717) is 13.0 Å². The molecule has 0 spiro atoms. The van der Waals surface area contributed by atoms with Gasteiger partial charge in [0.15, 0.2) is 0 Å². The number of rotatable bonds is 8. The summed E-state index contributed by atoms with van der Waals surface area (Å²) in [6.45, 7) is 2.57. The van der Waals surface area contributed by atoms with E-state index in [1.807, 2.05) is 37.3 Å². The number of amides is 1. The molecule has 0 bridgehead atoms. The summed E-state index contributed by atoms with van der Waals surface area (Å²) in [6.07, 6.45) is 3.75. The normalized spacial score (nSPS) is 19.0. The minimum absolute atomic E-state index is 0.0530. The highest BCUT2D eigenvalue weighted by molar-refractivity contribution is 5.83. The zero-order chi connectivity index (χ0) is 16.0. The molecular formula is C18H27NO3. The quantitative estimate of drug-likeness (QED) is 0.776. The monoisotopic (exact) mass is 305 g/mol. The molecule has 4 heteroatoms. The molecule has 0 radical (unpaired) electrons. The Balaban J connectivity index is 1.85. The molecule has 0 aromatic heterocycles. The van der Waals surface area contributed by atoms with Crippen molar-refractivity contribution in [1.82, 2.24) is 5.32 Å². The van der Waals surface area contributed by atoms with Gasteiger partial charge in [0.25, 0.3) is 0 Å². The second-order valence-corrected chi connectivity index (χ2v) is 6.41. The van der Waals surface area contributed by atoms with Crippen LogP contribution in [0.25, 0.3) is 0 Å². The standard InChI is InChI=1S/C18H27NO3/c1-14(13-16(20)15-7-4-3-5-8-15)19-17(21)18(9-6-10-18)11-12-22-2/h3-5,7-8,14,16,20H,6,9-13H2,1-2H3,(H,19,21). The predicted molar refractivity (Wildman–Crippen MR) is 86.4 cm³/mol. The van der Waals surface area contributed by atoms with Gasteiger partial charge in [-0.2, -0.15) is 0 Å². The van der Waals surface area contributed by atoms with Crippen molar-refractivity contribution in [3.05, 3.63) is 35.9 Å². The fourth-order valence-electron chi connectivity index (χ4n) is 3.07. The van der Waals surface area contributed by atoms with Gasteiger partial charge in [-0.3, -0.25) is 4.79 Å². The van der Waals surface area contributed by atoms with Crippen LogP contribution in [-0.2, 0) is 9.53 Å². The van der Waals surface area contributed by atoms with Gasteiger partial charge in [0.05, 0.1) is 11.5 Å². The first-order valence-electron chi connectivity index (χ1n) is 8.10. The number of carbonyl (C=O) groups is 1. The average Bonchev–Trinajstić information content (AvgIpc) is 2.47. The Morgan fingerprint density at radius 3 is 2.59 bits per heavy atom. The van der Waals surface area contributed by atoms with E-state index in [1.165, 1.54) is 0 Å². The molecule has 0 heterocycles. The van der Waals surface area contributed by atoms with Gasteiger partial charge in [-0.1, -0.05) is 36.8 Å². The molecule has 1 aliphatic rings. The molecule has 2 unspecified atom stereocenters. The van der Waals surface area contributed by atoms with Crippen LogP contribution >= 0.6 is 0 Å². The van der Waals surface area contributed by atoms with Crippen LogP contribution < -0.4 is 5.32 Å². The Morgan fingerprint density at radius 2 is 2.05 bits per heavy atom. The summed E-state index contributed by atoms with van der Waals surface area (Å²) in [7, 11) is 1.67. The summed E-state index contributed by atoms with van der Waals surface area (Å²) in [4.78, 5) is 12.5. The third-order valence-electron chi connectivity index (χ3n) is 4.72. The first-order valence-corrected chi connectivity index (χ1v) is 8.10. The van der Waals surface area contributed by atoms with E-state index in [1.54, 1.807) is 7.11 Å². The van der Waals surface area contributed by atoms with E-state index in [-0.39, 0.29) is 17.4 Å². The molecule has 2 atom stereocenters. The van der Waals surface area contributed by atoms with Crippen LogP contribution in [0.4, 0.5) is 0 Å². The fraction of sp³-hybridized carbons (Fsp3) is 0.611. The van der Waals surface area contributed by atoms with Gasteiger partial charge in [0.1, 0.15) is 0 Å². The van der Waals surface area contributed by atoms with Crippen molar-refractivity contribution < 1.29 is 14.6 Å². The lowest BCUT2D eigenvalue weighted by Gasteiger charge is -2.41.